The minimum atomic E-state index is 0.210. The Bertz CT molecular complexity index is 583. The Hall–Kier alpha value is -1.70. The fraction of sp³-hybridized carbons (Fsp3) is 0.333. The van der Waals surface area contributed by atoms with Gasteiger partial charge in [-0.05, 0) is 31.0 Å². The molecule has 1 aromatic carbocycles. The van der Waals surface area contributed by atoms with Gasteiger partial charge in [0.1, 0.15) is 5.01 Å². The molecule has 0 aliphatic heterocycles. The van der Waals surface area contributed by atoms with E-state index in [2.05, 4.69) is 30.2 Å². The minimum Gasteiger partial charge on any atom is -0.304 e. The van der Waals surface area contributed by atoms with Gasteiger partial charge in [-0.25, -0.2) is 4.98 Å². The highest BCUT2D eigenvalue weighted by atomic mass is 32.1. The van der Waals surface area contributed by atoms with Gasteiger partial charge in [0.05, 0.1) is 11.6 Å². The van der Waals surface area contributed by atoms with Crippen molar-refractivity contribution in [2.24, 2.45) is 0 Å². The second-order valence-corrected chi connectivity index (χ2v) is 5.61. The van der Waals surface area contributed by atoms with Gasteiger partial charge in [-0.2, -0.15) is 5.26 Å². The lowest BCUT2D eigenvalue weighted by Gasteiger charge is -2.13. The third-order valence-electron chi connectivity index (χ3n) is 3.03. The first-order valence-electron chi connectivity index (χ1n) is 6.40. The SMILES string of the molecule is CCc1cnc(CNC(C)c2cccc(C#N)c2)s1. The van der Waals surface area contributed by atoms with Crippen LogP contribution in [0.2, 0.25) is 0 Å². The number of nitrogens with one attached hydrogen (secondary N) is 1. The molecule has 0 aliphatic carbocycles. The molecule has 3 nitrogen and oxygen atoms in total. The van der Waals surface area contributed by atoms with E-state index < -0.39 is 0 Å². The van der Waals surface area contributed by atoms with E-state index in [1.807, 2.05) is 30.5 Å². The van der Waals surface area contributed by atoms with E-state index >= 15 is 0 Å². The lowest BCUT2D eigenvalue weighted by Crippen LogP contribution is -2.17. The van der Waals surface area contributed by atoms with Crippen molar-refractivity contribution in [2.75, 3.05) is 0 Å². The summed E-state index contributed by atoms with van der Waals surface area (Å²) in [5.41, 5.74) is 1.83. The van der Waals surface area contributed by atoms with Crippen molar-refractivity contribution >= 4 is 11.3 Å². The van der Waals surface area contributed by atoms with Crippen LogP contribution >= 0.6 is 11.3 Å². The van der Waals surface area contributed by atoms with Crippen LogP contribution in [-0.2, 0) is 13.0 Å². The number of aromatic nitrogens is 1. The molecule has 0 radical (unpaired) electrons. The second-order valence-electron chi connectivity index (χ2n) is 4.41. The minimum absolute atomic E-state index is 0.210. The molecule has 0 aliphatic rings. The molecular weight excluding hydrogens is 254 g/mol. The molecule has 1 atom stereocenters. The molecule has 2 aromatic rings. The van der Waals surface area contributed by atoms with Crippen LogP contribution in [0.4, 0.5) is 0 Å². The Morgan fingerprint density at radius 2 is 2.32 bits per heavy atom. The fourth-order valence-electron chi connectivity index (χ4n) is 1.83. The first kappa shape index (κ1) is 13.7. The van der Waals surface area contributed by atoms with Crippen molar-refractivity contribution < 1.29 is 0 Å². The number of nitrogens with zero attached hydrogens (tertiary/aromatic N) is 2. The molecule has 2 rings (SSSR count). The van der Waals surface area contributed by atoms with Crippen LogP contribution in [0.1, 0.15) is 40.9 Å². The van der Waals surface area contributed by atoms with Gasteiger partial charge in [0.2, 0.25) is 0 Å². The van der Waals surface area contributed by atoms with E-state index in [-0.39, 0.29) is 6.04 Å². The number of nitriles is 1. The van der Waals surface area contributed by atoms with Crippen molar-refractivity contribution in [3.05, 3.63) is 51.5 Å². The van der Waals surface area contributed by atoms with Gasteiger partial charge in [0.15, 0.2) is 0 Å². The van der Waals surface area contributed by atoms with Crippen molar-refractivity contribution in [1.82, 2.24) is 10.3 Å². The zero-order chi connectivity index (χ0) is 13.7. The van der Waals surface area contributed by atoms with E-state index in [0.29, 0.717) is 5.56 Å². The molecule has 19 heavy (non-hydrogen) atoms. The summed E-state index contributed by atoms with van der Waals surface area (Å²) in [5, 5.41) is 13.5. The summed E-state index contributed by atoms with van der Waals surface area (Å²) in [6.07, 6.45) is 2.99. The van der Waals surface area contributed by atoms with E-state index in [0.717, 1.165) is 23.5 Å². The highest BCUT2D eigenvalue weighted by Crippen LogP contribution is 2.17. The van der Waals surface area contributed by atoms with Crippen LogP contribution in [0, 0.1) is 11.3 Å². The zero-order valence-corrected chi connectivity index (χ0v) is 12.0. The summed E-state index contributed by atoms with van der Waals surface area (Å²) in [7, 11) is 0. The van der Waals surface area contributed by atoms with Crippen LogP contribution in [0.15, 0.2) is 30.5 Å². The molecule has 4 heteroatoms. The van der Waals surface area contributed by atoms with Gasteiger partial charge >= 0.3 is 0 Å². The molecule has 0 saturated carbocycles. The molecule has 98 valence electrons. The highest BCUT2D eigenvalue weighted by molar-refractivity contribution is 7.11. The second kappa shape index (κ2) is 6.46. The number of hydrogen-bond acceptors (Lipinski definition) is 4. The average molecular weight is 271 g/mol. The molecule has 0 saturated heterocycles. The van der Waals surface area contributed by atoms with E-state index in [1.54, 1.807) is 11.3 Å². The van der Waals surface area contributed by atoms with Gasteiger partial charge in [0.25, 0.3) is 0 Å². The van der Waals surface area contributed by atoms with Gasteiger partial charge < -0.3 is 5.32 Å². The van der Waals surface area contributed by atoms with Gasteiger partial charge in [0, 0.05) is 23.7 Å². The topological polar surface area (TPSA) is 48.7 Å². The predicted octanol–water partition coefficient (Wildman–Crippen LogP) is 3.43. The van der Waals surface area contributed by atoms with E-state index in [4.69, 9.17) is 5.26 Å². The summed E-state index contributed by atoms with van der Waals surface area (Å²) in [6, 6.07) is 10.1. The number of hydrogen-bond donors (Lipinski definition) is 1. The molecule has 0 bridgehead atoms. The maximum atomic E-state index is 8.90. The first-order valence-corrected chi connectivity index (χ1v) is 7.21. The molecular formula is C15H17N3S. The van der Waals surface area contributed by atoms with Crippen LogP contribution in [0.25, 0.3) is 0 Å². The largest absolute Gasteiger partial charge is 0.304 e. The quantitative estimate of drug-likeness (QED) is 0.906. The number of benzene rings is 1. The summed E-state index contributed by atoms with van der Waals surface area (Å²) >= 11 is 1.75. The van der Waals surface area contributed by atoms with Crippen LogP contribution in [0.5, 0.6) is 0 Å². The van der Waals surface area contributed by atoms with E-state index in [1.165, 1.54) is 4.88 Å². The smallest absolute Gasteiger partial charge is 0.107 e. The molecule has 1 heterocycles. The molecule has 0 fully saturated rings. The Kier molecular flexibility index (Phi) is 4.67. The summed E-state index contributed by atoms with van der Waals surface area (Å²) in [6.45, 7) is 5.01. The monoisotopic (exact) mass is 271 g/mol. The Morgan fingerprint density at radius 3 is 3.00 bits per heavy atom. The number of rotatable bonds is 5. The summed E-state index contributed by atoms with van der Waals surface area (Å²) in [4.78, 5) is 5.71. The van der Waals surface area contributed by atoms with Gasteiger partial charge in [-0.15, -0.1) is 11.3 Å². The summed E-state index contributed by atoms with van der Waals surface area (Å²) in [5.74, 6) is 0. The van der Waals surface area contributed by atoms with Crippen LogP contribution < -0.4 is 5.32 Å². The van der Waals surface area contributed by atoms with Crippen molar-refractivity contribution in [2.45, 2.75) is 32.9 Å². The van der Waals surface area contributed by atoms with Crippen molar-refractivity contribution in [1.29, 1.82) is 5.26 Å². The lowest BCUT2D eigenvalue weighted by atomic mass is 10.1. The van der Waals surface area contributed by atoms with E-state index in [9.17, 15) is 0 Å². The van der Waals surface area contributed by atoms with Crippen LogP contribution in [0.3, 0.4) is 0 Å². The zero-order valence-electron chi connectivity index (χ0n) is 11.2. The molecule has 1 N–H and O–H groups in total. The first-order chi connectivity index (χ1) is 9.22. The van der Waals surface area contributed by atoms with Crippen LogP contribution in [-0.4, -0.2) is 4.98 Å². The normalized spacial score (nSPS) is 12.1. The Labute approximate surface area is 117 Å². The maximum Gasteiger partial charge on any atom is 0.107 e. The third kappa shape index (κ3) is 3.63. The molecule has 1 unspecified atom stereocenters. The Balaban J connectivity index is 1.97. The maximum absolute atomic E-state index is 8.90. The molecule has 1 aromatic heterocycles. The predicted molar refractivity (Wildman–Crippen MR) is 77.9 cm³/mol. The average Bonchev–Trinajstić information content (AvgIpc) is 2.93. The molecule has 0 amide bonds. The summed E-state index contributed by atoms with van der Waals surface area (Å²) < 4.78 is 0. The number of thiazole rings is 1. The fourth-order valence-corrected chi connectivity index (χ4v) is 2.64. The highest BCUT2D eigenvalue weighted by Gasteiger charge is 2.07. The third-order valence-corrected chi connectivity index (χ3v) is 4.17. The van der Waals surface area contributed by atoms with Gasteiger partial charge in [-0.1, -0.05) is 19.1 Å². The van der Waals surface area contributed by atoms with Crippen molar-refractivity contribution in [3.63, 3.8) is 0 Å². The molecule has 0 spiro atoms. The van der Waals surface area contributed by atoms with Crippen molar-refractivity contribution in [3.8, 4) is 6.07 Å². The van der Waals surface area contributed by atoms with Gasteiger partial charge in [-0.3, -0.25) is 0 Å². The number of aryl methyl sites for hydroxylation is 1. The lowest BCUT2D eigenvalue weighted by molar-refractivity contribution is 0.573. The Morgan fingerprint density at radius 1 is 1.47 bits per heavy atom. The standard InChI is InChI=1S/C15H17N3S/c1-3-14-9-18-15(19-14)10-17-11(2)13-6-4-5-12(7-13)8-16/h4-7,9,11,17H,3,10H2,1-2H3.